The smallest absolute Gasteiger partial charge is 0.234 e. The highest BCUT2D eigenvalue weighted by Crippen LogP contribution is 2.43. The Kier molecular flexibility index (Phi) is 4.32. The van der Waals surface area contributed by atoms with Gasteiger partial charge in [0.05, 0.1) is 21.5 Å². The van der Waals surface area contributed by atoms with Gasteiger partial charge in [-0.2, -0.15) is 5.26 Å². The largest absolute Gasteiger partial charge is 0.380 e. The summed E-state index contributed by atoms with van der Waals surface area (Å²) in [6, 6.07) is 1.92. The minimum Gasteiger partial charge on any atom is -0.380 e. The molecular formula is C10H11Br2NO3. The van der Waals surface area contributed by atoms with Crippen LogP contribution in [0.4, 0.5) is 0 Å². The molecule has 0 unspecified atom stereocenters. The van der Waals surface area contributed by atoms with Gasteiger partial charge in [-0.05, 0) is 44.0 Å². The number of aliphatic hydroxyl groups is 1. The highest BCUT2D eigenvalue weighted by Gasteiger charge is 2.43. The molecule has 1 rings (SSSR count). The summed E-state index contributed by atoms with van der Waals surface area (Å²) in [5, 5.41) is 18.7. The summed E-state index contributed by atoms with van der Waals surface area (Å²) in [5.41, 5.74) is -1.31. The second-order valence-electron chi connectivity index (χ2n) is 3.34. The van der Waals surface area contributed by atoms with Crippen LogP contribution in [0.15, 0.2) is 21.1 Å². The average molecular weight is 353 g/mol. The third-order valence-corrected chi connectivity index (χ3v) is 3.82. The van der Waals surface area contributed by atoms with Gasteiger partial charge < -0.3 is 14.6 Å². The lowest BCUT2D eigenvalue weighted by atomic mass is 9.92. The summed E-state index contributed by atoms with van der Waals surface area (Å²) < 4.78 is 11.6. The molecule has 0 aromatic heterocycles. The number of methoxy groups -OCH3 is 2. The molecule has 4 nitrogen and oxygen atoms in total. The van der Waals surface area contributed by atoms with Gasteiger partial charge in [-0.3, -0.25) is 0 Å². The molecule has 0 saturated heterocycles. The Morgan fingerprint density at radius 2 is 1.75 bits per heavy atom. The van der Waals surface area contributed by atoms with Crippen molar-refractivity contribution in [1.29, 1.82) is 5.26 Å². The SMILES string of the molecule is COC1(OC)C(Br)=CC(O)(CC#N)C=C1Br. The molecule has 0 amide bonds. The van der Waals surface area contributed by atoms with E-state index in [4.69, 9.17) is 14.7 Å². The van der Waals surface area contributed by atoms with Crippen molar-refractivity contribution < 1.29 is 14.6 Å². The van der Waals surface area contributed by atoms with Crippen LogP contribution in [0.3, 0.4) is 0 Å². The van der Waals surface area contributed by atoms with Gasteiger partial charge in [0.2, 0.25) is 5.79 Å². The molecule has 1 N–H and O–H groups in total. The predicted molar refractivity (Wildman–Crippen MR) is 65.9 cm³/mol. The van der Waals surface area contributed by atoms with Crippen molar-refractivity contribution in [3.8, 4) is 6.07 Å². The summed E-state index contributed by atoms with van der Waals surface area (Å²) >= 11 is 6.58. The van der Waals surface area contributed by atoms with Crippen molar-refractivity contribution in [1.82, 2.24) is 0 Å². The molecule has 1 aliphatic carbocycles. The van der Waals surface area contributed by atoms with Gasteiger partial charge in [-0.25, -0.2) is 0 Å². The topological polar surface area (TPSA) is 62.5 Å². The lowest BCUT2D eigenvalue weighted by Gasteiger charge is -2.36. The molecule has 6 heteroatoms. The van der Waals surface area contributed by atoms with Gasteiger partial charge in [0.1, 0.15) is 5.60 Å². The normalized spacial score (nSPS) is 22.0. The zero-order valence-corrected chi connectivity index (χ0v) is 12.0. The van der Waals surface area contributed by atoms with E-state index in [2.05, 4.69) is 31.9 Å². The van der Waals surface area contributed by atoms with E-state index in [9.17, 15) is 5.11 Å². The van der Waals surface area contributed by atoms with Crippen LogP contribution < -0.4 is 0 Å². The van der Waals surface area contributed by atoms with Crippen molar-refractivity contribution in [2.24, 2.45) is 0 Å². The summed E-state index contributed by atoms with van der Waals surface area (Å²) in [4.78, 5) is 0. The first-order chi connectivity index (χ1) is 7.44. The summed E-state index contributed by atoms with van der Waals surface area (Å²) in [7, 11) is 2.98. The number of nitriles is 1. The lowest BCUT2D eigenvalue weighted by Crippen LogP contribution is -2.41. The molecule has 0 saturated carbocycles. The van der Waals surface area contributed by atoms with E-state index in [1.807, 2.05) is 6.07 Å². The third kappa shape index (κ3) is 2.24. The molecule has 0 aromatic carbocycles. The van der Waals surface area contributed by atoms with Gasteiger partial charge in [0.15, 0.2) is 0 Å². The van der Waals surface area contributed by atoms with Gasteiger partial charge >= 0.3 is 0 Å². The minimum absolute atomic E-state index is 0.0410. The van der Waals surface area contributed by atoms with Crippen molar-refractivity contribution >= 4 is 31.9 Å². The van der Waals surface area contributed by atoms with E-state index in [1.165, 1.54) is 26.4 Å². The van der Waals surface area contributed by atoms with Gasteiger partial charge in [-0.15, -0.1) is 0 Å². The first-order valence-corrected chi connectivity index (χ1v) is 6.00. The second-order valence-corrected chi connectivity index (χ2v) is 5.04. The first kappa shape index (κ1) is 13.9. The van der Waals surface area contributed by atoms with Crippen LogP contribution in [-0.4, -0.2) is 30.7 Å². The molecule has 1 aliphatic rings. The average Bonchev–Trinajstić information content (AvgIpc) is 2.18. The Hall–Kier alpha value is -0.190. The van der Waals surface area contributed by atoms with Gasteiger partial charge in [0.25, 0.3) is 0 Å². The maximum absolute atomic E-state index is 10.1. The Bertz CT molecular complexity index is 358. The van der Waals surface area contributed by atoms with Crippen LogP contribution in [0.2, 0.25) is 0 Å². The molecule has 0 heterocycles. The van der Waals surface area contributed by atoms with Crippen molar-refractivity contribution in [3.63, 3.8) is 0 Å². The fraction of sp³-hybridized carbons (Fsp3) is 0.500. The highest BCUT2D eigenvalue weighted by atomic mass is 79.9. The molecule has 0 atom stereocenters. The monoisotopic (exact) mass is 351 g/mol. The first-order valence-electron chi connectivity index (χ1n) is 4.41. The molecule has 0 bridgehead atoms. The maximum atomic E-state index is 10.1. The Morgan fingerprint density at radius 1 is 1.31 bits per heavy atom. The van der Waals surface area contributed by atoms with E-state index in [0.717, 1.165) is 0 Å². The summed E-state index contributed by atoms with van der Waals surface area (Å²) in [5.74, 6) is -1.08. The molecule has 0 spiro atoms. The van der Waals surface area contributed by atoms with E-state index >= 15 is 0 Å². The fourth-order valence-corrected chi connectivity index (χ4v) is 3.62. The predicted octanol–water partition coefficient (Wildman–Crippen LogP) is 2.19. The molecule has 0 aliphatic heterocycles. The molecule has 0 aromatic rings. The fourth-order valence-electron chi connectivity index (χ4n) is 1.49. The zero-order valence-electron chi connectivity index (χ0n) is 8.83. The molecule has 16 heavy (non-hydrogen) atoms. The summed E-state index contributed by atoms with van der Waals surface area (Å²) in [6.07, 6.45) is 2.95. The number of nitrogens with zero attached hydrogens (tertiary/aromatic N) is 1. The van der Waals surface area contributed by atoms with Crippen molar-refractivity contribution in [2.75, 3.05) is 14.2 Å². The Labute approximate surface area is 111 Å². The number of hydrogen-bond donors (Lipinski definition) is 1. The van der Waals surface area contributed by atoms with Crippen LogP contribution in [0.25, 0.3) is 0 Å². The zero-order chi connectivity index (χ0) is 12.4. The number of ether oxygens (including phenoxy) is 2. The standard InChI is InChI=1S/C10H11Br2NO3/c1-15-10(16-2)7(11)5-9(14,3-4-13)6-8(10)12/h5-6,14H,3H2,1-2H3. The minimum atomic E-state index is -1.31. The number of halogens is 2. The maximum Gasteiger partial charge on any atom is 0.234 e. The number of rotatable bonds is 3. The van der Waals surface area contributed by atoms with Gasteiger partial charge in [-0.1, -0.05) is 0 Å². The Balaban J connectivity index is 3.20. The Morgan fingerprint density at radius 3 is 2.06 bits per heavy atom. The second kappa shape index (κ2) is 4.98. The molecule has 0 fully saturated rings. The van der Waals surface area contributed by atoms with Crippen LogP contribution >= 0.6 is 31.9 Å². The van der Waals surface area contributed by atoms with E-state index in [1.54, 1.807) is 0 Å². The van der Waals surface area contributed by atoms with E-state index < -0.39 is 11.4 Å². The van der Waals surface area contributed by atoms with Crippen LogP contribution in [0.1, 0.15) is 6.42 Å². The summed E-state index contributed by atoms with van der Waals surface area (Å²) in [6.45, 7) is 0. The number of hydrogen-bond acceptors (Lipinski definition) is 4. The van der Waals surface area contributed by atoms with E-state index in [0.29, 0.717) is 8.96 Å². The molecule has 88 valence electrons. The van der Waals surface area contributed by atoms with Crippen LogP contribution in [-0.2, 0) is 9.47 Å². The highest BCUT2D eigenvalue weighted by molar-refractivity contribution is 9.12. The lowest BCUT2D eigenvalue weighted by molar-refractivity contribution is -0.140. The third-order valence-electron chi connectivity index (χ3n) is 2.32. The van der Waals surface area contributed by atoms with Crippen LogP contribution in [0.5, 0.6) is 0 Å². The van der Waals surface area contributed by atoms with E-state index in [-0.39, 0.29) is 6.42 Å². The molecular weight excluding hydrogens is 342 g/mol. The molecule has 0 radical (unpaired) electrons. The quantitative estimate of drug-likeness (QED) is 0.791. The van der Waals surface area contributed by atoms with Gasteiger partial charge in [0, 0.05) is 14.2 Å². The van der Waals surface area contributed by atoms with Crippen molar-refractivity contribution in [2.45, 2.75) is 17.8 Å². The van der Waals surface area contributed by atoms with Crippen LogP contribution in [0, 0.1) is 11.3 Å². The van der Waals surface area contributed by atoms with Crippen molar-refractivity contribution in [3.05, 3.63) is 21.1 Å².